The van der Waals surface area contributed by atoms with Crippen LogP contribution in [0.5, 0.6) is 0 Å². The van der Waals surface area contributed by atoms with Crippen molar-refractivity contribution >= 4 is 70.1 Å². The molecule has 2 aromatic heterocycles. The molecule has 3 aliphatic heterocycles. The molecule has 4 aromatic rings. The molecule has 1 saturated carbocycles. The second-order valence-electron chi connectivity index (χ2n) is 20.1. The Morgan fingerprint density at radius 2 is 1.56 bits per heavy atom. The maximum absolute atomic E-state index is 15.5. The fourth-order valence-corrected chi connectivity index (χ4v) is 10.7. The van der Waals surface area contributed by atoms with Gasteiger partial charge in [0.15, 0.2) is 5.60 Å². The van der Waals surface area contributed by atoms with Crippen molar-refractivity contribution in [1.82, 2.24) is 51.7 Å². The first-order valence-corrected chi connectivity index (χ1v) is 25.9. The third-order valence-electron chi connectivity index (χ3n) is 15.2. The van der Waals surface area contributed by atoms with Gasteiger partial charge in [0.2, 0.25) is 29.5 Å². The number of ether oxygens (including phenoxy) is 2. The molecule has 0 radical (unpaired) electrons. The van der Waals surface area contributed by atoms with Crippen molar-refractivity contribution < 1.29 is 72.0 Å². The highest BCUT2D eigenvalue weighted by Crippen LogP contribution is 2.47. The van der Waals surface area contributed by atoms with Gasteiger partial charge in [0.25, 0.3) is 23.3 Å². The van der Waals surface area contributed by atoms with Gasteiger partial charge in [-0.05, 0) is 73.8 Å². The first-order valence-electron chi connectivity index (χ1n) is 25.9. The van der Waals surface area contributed by atoms with Gasteiger partial charge in [-0.15, -0.1) is 0 Å². The second-order valence-corrected chi connectivity index (χ2v) is 20.1. The molecule has 25 nitrogen and oxygen atoms in total. The number of amides is 8. The number of halogens is 1. The van der Waals surface area contributed by atoms with Crippen molar-refractivity contribution in [3.8, 4) is 11.4 Å². The van der Waals surface area contributed by atoms with Crippen LogP contribution in [0.2, 0.25) is 0 Å². The van der Waals surface area contributed by atoms with Gasteiger partial charge in [-0.1, -0.05) is 37.3 Å². The number of aryl methyl sites for hydroxylation is 1. The number of aliphatic hydroxyl groups is 1. The number of aliphatic carboxylic acids is 1. The van der Waals surface area contributed by atoms with E-state index in [-0.39, 0.29) is 37.1 Å². The summed E-state index contributed by atoms with van der Waals surface area (Å²) >= 11 is 0. The van der Waals surface area contributed by atoms with Crippen molar-refractivity contribution in [2.24, 2.45) is 0 Å². The van der Waals surface area contributed by atoms with Crippen molar-refractivity contribution in [1.29, 1.82) is 0 Å². The first kappa shape index (κ1) is 56.0. The van der Waals surface area contributed by atoms with Crippen LogP contribution >= 0.6 is 0 Å². The Bertz CT molecular complexity index is 3360. The number of rotatable bonds is 22. The Morgan fingerprint density at radius 1 is 0.875 bits per heavy atom. The molecule has 9 N–H and O–H groups in total. The van der Waals surface area contributed by atoms with Crippen LogP contribution in [0.4, 0.5) is 4.39 Å². The number of carboxylic acids is 1. The number of cyclic esters (lactones) is 1. The Hall–Kier alpha value is -8.75. The number of nitrogens with one attached hydrogen (secondary N) is 7. The number of carbonyl (C=O) groups is 10. The van der Waals surface area contributed by atoms with E-state index in [1.807, 2.05) is 0 Å². The Kier molecular flexibility index (Phi) is 16.0. The first-order chi connectivity index (χ1) is 38.2. The topological polar surface area (TPSA) is 352 Å². The van der Waals surface area contributed by atoms with Crippen molar-refractivity contribution in [3.63, 3.8) is 0 Å². The van der Waals surface area contributed by atoms with Gasteiger partial charge in [0.1, 0.15) is 36.8 Å². The fourth-order valence-electron chi connectivity index (χ4n) is 10.7. The highest BCUT2D eigenvalue weighted by molar-refractivity contribution is 6.15. The molecule has 0 saturated heterocycles. The molecule has 4 atom stereocenters. The number of esters is 1. The SMILES string of the molecule is CC[C@@]1(O)C(=O)OCc2c1cc1n(c2=O)Cc2c-1nc1cc(F)c(C)c3c1c2[C@@H](NC(=O)C1(OCNC(=O)CNC(=O)[C@H](Cc2ccccc2)NC(=O)CNC(=O)CNC(=O)[C@@H](CNCC(=O)O)N2C(=O)C=CC2=O)CCC1)CC3. The number of carboxylic acid groups (broad SMARTS) is 1. The van der Waals surface area contributed by atoms with E-state index < -0.39 is 139 Å². The maximum Gasteiger partial charge on any atom is 0.343 e. The van der Waals surface area contributed by atoms with Crippen molar-refractivity contribution in [2.45, 2.75) is 101 Å². The quantitative estimate of drug-likeness (QED) is 0.0221. The molecule has 1 fully saturated rings. The number of hydrogen-bond acceptors (Lipinski definition) is 16. The van der Waals surface area contributed by atoms with Gasteiger partial charge in [0.05, 0.1) is 61.2 Å². The average molecular weight is 1110 g/mol. The standard InChI is InChI=1S/C54H57FN10O15/c1-3-54(78)32-17-37-47-30(24-64(37)50(75)31(32)25-79-52(54)77)46-34(11-10-29-27(2)33(55)18-35(62-47)45(29)46)63-51(76)53(14-7-15-53)80-26-60-40(67)21-58-48(73)36(16-28-8-5-4-6-9-28)61-41(68)22-57-39(66)20-59-49(74)38(19-56-23-44(71)72)65-42(69)12-13-43(65)70/h4-6,8-9,12-13,17-18,34,36,38,56,78H,3,7,10-11,14-16,19-26H2,1-2H3,(H,57,66)(H,58,73)(H,59,74)(H,60,67)(H,61,68)(H,63,76)(H,71,72)/t34-,36-,38+,54-/m0/s1. The molecule has 2 aromatic carbocycles. The maximum atomic E-state index is 15.5. The lowest BCUT2D eigenvalue weighted by Crippen LogP contribution is -2.56. The predicted molar refractivity (Wildman–Crippen MR) is 275 cm³/mol. The molecule has 9 rings (SSSR count). The van der Waals surface area contributed by atoms with Gasteiger partial charge in [0, 0.05) is 47.7 Å². The lowest BCUT2D eigenvalue weighted by atomic mass is 9.77. The molecule has 420 valence electrons. The third kappa shape index (κ3) is 11.0. The van der Waals surface area contributed by atoms with Gasteiger partial charge in [-0.3, -0.25) is 52.8 Å². The number of pyridine rings is 2. The van der Waals surface area contributed by atoms with E-state index in [2.05, 4.69) is 37.2 Å². The lowest BCUT2D eigenvalue weighted by molar-refractivity contribution is -0.172. The van der Waals surface area contributed by atoms with Crippen molar-refractivity contribution in [2.75, 3.05) is 39.5 Å². The zero-order valence-corrected chi connectivity index (χ0v) is 43.5. The molecule has 0 unspecified atom stereocenters. The van der Waals surface area contributed by atoms with Crippen LogP contribution in [0, 0.1) is 12.7 Å². The van der Waals surface area contributed by atoms with Crippen LogP contribution in [0.1, 0.15) is 84.0 Å². The Morgan fingerprint density at radius 3 is 2.24 bits per heavy atom. The number of nitrogens with zero attached hydrogens (tertiary/aromatic N) is 3. The summed E-state index contributed by atoms with van der Waals surface area (Å²) in [5.41, 5.74) is 0.363. The minimum atomic E-state index is -2.07. The summed E-state index contributed by atoms with van der Waals surface area (Å²) in [5.74, 6) is -8.85. The third-order valence-corrected chi connectivity index (χ3v) is 15.2. The molecule has 80 heavy (non-hydrogen) atoms. The highest BCUT2D eigenvalue weighted by Gasteiger charge is 2.49. The largest absolute Gasteiger partial charge is 0.480 e. The number of imide groups is 1. The molecule has 5 heterocycles. The predicted octanol–water partition coefficient (Wildman–Crippen LogP) is -1.31. The van der Waals surface area contributed by atoms with Gasteiger partial charge < -0.3 is 61.5 Å². The smallest absolute Gasteiger partial charge is 0.343 e. The van der Waals surface area contributed by atoms with E-state index in [9.17, 15) is 57.8 Å². The molecular formula is C54H57FN10O15. The average Bonchev–Trinajstić information content (AvgIpc) is 4.15. The van der Waals surface area contributed by atoms with Crippen LogP contribution in [0.25, 0.3) is 22.3 Å². The normalized spacial score (nSPS) is 18.9. The lowest BCUT2D eigenvalue weighted by Gasteiger charge is -2.41. The molecular weight excluding hydrogens is 1050 g/mol. The summed E-state index contributed by atoms with van der Waals surface area (Å²) in [6.45, 7) is -0.428. The molecule has 2 aliphatic carbocycles. The van der Waals surface area contributed by atoms with E-state index in [4.69, 9.17) is 19.6 Å². The minimum absolute atomic E-state index is 0.0318. The number of aromatic nitrogens is 2. The highest BCUT2D eigenvalue weighted by atomic mass is 19.1. The van der Waals surface area contributed by atoms with E-state index in [1.54, 1.807) is 50.2 Å². The minimum Gasteiger partial charge on any atom is -0.480 e. The molecule has 5 aliphatic rings. The van der Waals surface area contributed by atoms with Gasteiger partial charge in [-0.2, -0.15) is 0 Å². The summed E-state index contributed by atoms with van der Waals surface area (Å²) in [4.78, 5) is 148. The van der Waals surface area contributed by atoms with E-state index in [0.29, 0.717) is 81.5 Å². The molecule has 26 heteroatoms. The van der Waals surface area contributed by atoms with E-state index >= 15 is 4.39 Å². The zero-order valence-electron chi connectivity index (χ0n) is 43.5. The van der Waals surface area contributed by atoms with Crippen molar-refractivity contribution in [3.05, 3.63) is 110 Å². The summed E-state index contributed by atoms with van der Waals surface area (Å²) in [6, 6.07) is 8.05. The second kappa shape index (κ2) is 22.9. The number of carbonyl (C=O) groups excluding carboxylic acids is 9. The molecule has 0 bridgehead atoms. The number of fused-ring (bicyclic) bond motifs is 5. The van der Waals surface area contributed by atoms with Crippen LogP contribution in [0.15, 0.2) is 59.4 Å². The Labute approximate surface area is 454 Å². The fraction of sp³-hybridized carbons (Fsp3) is 0.407. The van der Waals surface area contributed by atoms with Gasteiger partial charge in [-0.25, -0.2) is 14.2 Å². The van der Waals surface area contributed by atoms with Gasteiger partial charge >= 0.3 is 11.9 Å². The summed E-state index contributed by atoms with van der Waals surface area (Å²) in [6.07, 6.45) is 3.76. The number of hydrogen-bond donors (Lipinski definition) is 9. The summed E-state index contributed by atoms with van der Waals surface area (Å²) < 4.78 is 28.3. The summed E-state index contributed by atoms with van der Waals surface area (Å²) in [7, 11) is 0. The zero-order chi connectivity index (χ0) is 57.2. The van der Waals surface area contributed by atoms with E-state index in [0.717, 1.165) is 17.7 Å². The monoisotopic (exact) mass is 1100 g/mol. The van der Waals surface area contributed by atoms with Crippen LogP contribution < -0.4 is 42.8 Å². The van der Waals surface area contributed by atoms with Crippen LogP contribution in [0.3, 0.4) is 0 Å². The molecule has 8 amide bonds. The molecule has 0 spiro atoms. The summed E-state index contributed by atoms with van der Waals surface area (Å²) in [5, 5.41) is 38.8. The Balaban J connectivity index is 0.806. The van der Waals surface area contributed by atoms with E-state index in [1.165, 1.54) is 10.6 Å². The number of benzene rings is 2. The van der Waals surface area contributed by atoms with Crippen LogP contribution in [-0.4, -0.2) is 141 Å². The van der Waals surface area contributed by atoms with Crippen LogP contribution in [-0.2, 0) is 89.0 Å².